The molecule has 0 aliphatic heterocycles. The van der Waals surface area contributed by atoms with Gasteiger partial charge in [0.05, 0.1) is 0 Å². The van der Waals surface area contributed by atoms with E-state index in [9.17, 15) is 14.4 Å². The fourth-order valence-electron chi connectivity index (χ4n) is 5.25. The van der Waals surface area contributed by atoms with Gasteiger partial charge in [0.25, 0.3) is 0 Å². The van der Waals surface area contributed by atoms with Gasteiger partial charge < -0.3 is 20.1 Å². The van der Waals surface area contributed by atoms with Crippen molar-refractivity contribution < 1.29 is 24.2 Å². The molecule has 0 unspecified atom stereocenters. The van der Waals surface area contributed by atoms with Gasteiger partial charge in [-0.15, -0.1) is 0 Å². The summed E-state index contributed by atoms with van der Waals surface area (Å²) in [5.41, 5.74) is 4.72. The highest BCUT2D eigenvalue weighted by atomic mass is 16.5. The third-order valence-corrected chi connectivity index (χ3v) is 6.96. The Morgan fingerprint density at radius 2 is 1.68 bits per heavy atom. The Hall–Kier alpha value is -3.35. The van der Waals surface area contributed by atoms with Crippen LogP contribution in [-0.4, -0.2) is 53.7 Å². The second kappa shape index (κ2) is 10.7. The minimum absolute atomic E-state index is 0.0139. The van der Waals surface area contributed by atoms with Crippen LogP contribution >= 0.6 is 0 Å². The lowest BCUT2D eigenvalue weighted by Gasteiger charge is -2.24. The van der Waals surface area contributed by atoms with Crippen LogP contribution in [0.2, 0.25) is 0 Å². The van der Waals surface area contributed by atoms with E-state index in [4.69, 9.17) is 9.84 Å². The van der Waals surface area contributed by atoms with Crippen molar-refractivity contribution in [3.8, 4) is 11.1 Å². The van der Waals surface area contributed by atoms with Crippen molar-refractivity contribution in [3.05, 3.63) is 59.7 Å². The van der Waals surface area contributed by atoms with Crippen LogP contribution in [0.1, 0.15) is 56.1 Å². The Morgan fingerprint density at radius 1 is 1.03 bits per heavy atom. The normalized spacial score (nSPS) is 18.7. The van der Waals surface area contributed by atoms with Gasteiger partial charge in [0.15, 0.2) is 0 Å². The number of nitrogens with one attached hydrogen (secondary N) is 1. The van der Waals surface area contributed by atoms with Gasteiger partial charge in [-0.25, -0.2) is 4.79 Å². The van der Waals surface area contributed by atoms with Gasteiger partial charge in [0, 0.05) is 37.4 Å². The molecule has 2 aliphatic rings. The quantitative estimate of drug-likeness (QED) is 0.573. The molecule has 180 valence electrons. The lowest BCUT2D eigenvalue weighted by Crippen LogP contribution is -2.38. The standard InChI is InChI=1S/C27H32N2O5/c1-2-29(15-7-12-25(30)31)26(32)18-13-14-19(16-18)28-27(33)34-17-24-22-10-5-3-8-20(22)21-9-4-6-11-23(21)24/h3-6,8-11,18-19,24H,2,7,12-17H2,1H3,(H,28,33)(H,30,31)/t18-,19+/m1/s1. The summed E-state index contributed by atoms with van der Waals surface area (Å²) in [4.78, 5) is 37.9. The molecule has 2 aromatic carbocycles. The smallest absolute Gasteiger partial charge is 0.407 e. The van der Waals surface area contributed by atoms with Crippen molar-refractivity contribution in [1.29, 1.82) is 0 Å². The maximum atomic E-state index is 12.9. The Morgan fingerprint density at radius 3 is 2.29 bits per heavy atom. The van der Waals surface area contributed by atoms with Crippen molar-refractivity contribution >= 4 is 18.0 Å². The third kappa shape index (κ3) is 5.24. The molecule has 0 spiro atoms. The molecular weight excluding hydrogens is 432 g/mol. The Bertz CT molecular complexity index is 1010. The molecule has 2 aliphatic carbocycles. The predicted octanol–water partition coefficient (Wildman–Crippen LogP) is 4.41. The van der Waals surface area contributed by atoms with E-state index >= 15 is 0 Å². The molecular formula is C27H32N2O5. The lowest BCUT2D eigenvalue weighted by atomic mass is 9.98. The van der Waals surface area contributed by atoms with Gasteiger partial charge in [-0.1, -0.05) is 48.5 Å². The van der Waals surface area contributed by atoms with E-state index in [0.717, 1.165) is 6.42 Å². The Kier molecular flexibility index (Phi) is 7.50. The number of hydrogen-bond acceptors (Lipinski definition) is 4. The van der Waals surface area contributed by atoms with E-state index in [1.54, 1.807) is 4.90 Å². The topological polar surface area (TPSA) is 95.9 Å². The predicted molar refractivity (Wildman–Crippen MR) is 128 cm³/mol. The number of carboxylic acids is 1. The molecule has 7 nitrogen and oxygen atoms in total. The highest BCUT2D eigenvalue weighted by molar-refractivity contribution is 5.80. The van der Waals surface area contributed by atoms with Gasteiger partial charge in [0.1, 0.15) is 6.61 Å². The average Bonchev–Trinajstić information content (AvgIpc) is 3.42. The number of carboxylic acid groups (broad SMARTS) is 1. The molecule has 0 radical (unpaired) electrons. The van der Waals surface area contributed by atoms with E-state index < -0.39 is 12.1 Å². The van der Waals surface area contributed by atoms with Crippen molar-refractivity contribution in [2.24, 2.45) is 5.92 Å². The molecule has 0 aromatic heterocycles. The van der Waals surface area contributed by atoms with E-state index in [2.05, 4.69) is 29.6 Å². The number of amides is 2. The summed E-state index contributed by atoms with van der Waals surface area (Å²) in [5, 5.41) is 11.8. The molecule has 34 heavy (non-hydrogen) atoms. The van der Waals surface area contributed by atoms with E-state index in [-0.39, 0.29) is 36.8 Å². The fraction of sp³-hybridized carbons (Fsp3) is 0.444. The SMILES string of the molecule is CCN(CCCC(=O)O)C(=O)[C@@H]1CC[C@H](NC(=O)OCC2c3ccccc3-c3ccccc32)C1. The second-order valence-corrected chi connectivity index (χ2v) is 9.09. The van der Waals surface area contributed by atoms with Crippen molar-refractivity contribution in [1.82, 2.24) is 10.2 Å². The molecule has 1 saturated carbocycles. The van der Waals surface area contributed by atoms with Crippen molar-refractivity contribution in [2.45, 2.75) is 51.0 Å². The minimum atomic E-state index is -0.850. The van der Waals surface area contributed by atoms with Crippen LogP contribution < -0.4 is 5.32 Å². The summed E-state index contributed by atoms with van der Waals surface area (Å²) in [5.74, 6) is -0.940. The maximum Gasteiger partial charge on any atom is 0.407 e. The zero-order valence-electron chi connectivity index (χ0n) is 19.5. The molecule has 0 bridgehead atoms. The van der Waals surface area contributed by atoms with Gasteiger partial charge in [-0.05, 0) is 54.9 Å². The number of hydrogen-bond donors (Lipinski definition) is 2. The number of carbonyl (C=O) groups excluding carboxylic acids is 2. The summed E-state index contributed by atoms with van der Waals surface area (Å²) in [6.45, 7) is 3.17. The first kappa shape index (κ1) is 23.8. The molecule has 2 atom stereocenters. The Balaban J connectivity index is 1.28. The van der Waals surface area contributed by atoms with Crippen LogP contribution in [0.3, 0.4) is 0 Å². The highest BCUT2D eigenvalue weighted by Gasteiger charge is 2.34. The average molecular weight is 465 g/mol. The van der Waals surface area contributed by atoms with Crippen LogP contribution in [-0.2, 0) is 14.3 Å². The molecule has 0 saturated heterocycles. The van der Waals surface area contributed by atoms with Crippen LogP contribution in [0.4, 0.5) is 4.79 Å². The van der Waals surface area contributed by atoms with Gasteiger partial charge in [0.2, 0.25) is 5.91 Å². The molecule has 7 heteroatoms. The van der Waals surface area contributed by atoms with Gasteiger partial charge in [-0.2, -0.15) is 0 Å². The number of fused-ring (bicyclic) bond motifs is 3. The Labute approximate surface area is 200 Å². The van der Waals surface area contributed by atoms with Crippen LogP contribution in [0.25, 0.3) is 11.1 Å². The largest absolute Gasteiger partial charge is 0.481 e. The van der Waals surface area contributed by atoms with Crippen molar-refractivity contribution in [3.63, 3.8) is 0 Å². The second-order valence-electron chi connectivity index (χ2n) is 9.09. The zero-order valence-corrected chi connectivity index (χ0v) is 19.5. The minimum Gasteiger partial charge on any atom is -0.481 e. The summed E-state index contributed by atoms with van der Waals surface area (Å²) < 4.78 is 5.64. The first-order chi connectivity index (χ1) is 16.5. The summed E-state index contributed by atoms with van der Waals surface area (Å²) in [6, 6.07) is 16.3. The number of ether oxygens (including phenoxy) is 1. The lowest BCUT2D eigenvalue weighted by molar-refractivity contribution is -0.139. The monoisotopic (exact) mass is 464 g/mol. The zero-order chi connectivity index (χ0) is 24.1. The van der Waals surface area contributed by atoms with E-state index in [0.29, 0.717) is 32.4 Å². The number of benzene rings is 2. The van der Waals surface area contributed by atoms with Crippen molar-refractivity contribution in [2.75, 3.05) is 19.7 Å². The molecule has 2 N–H and O–H groups in total. The summed E-state index contributed by atoms with van der Waals surface area (Å²) >= 11 is 0. The molecule has 2 aromatic rings. The number of carbonyl (C=O) groups is 3. The first-order valence-corrected chi connectivity index (χ1v) is 12.1. The molecule has 1 fully saturated rings. The summed E-state index contributed by atoms with van der Waals surface area (Å²) in [6.07, 6.45) is 2.08. The van der Waals surface area contributed by atoms with E-state index in [1.807, 2.05) is 31.2 Å². The molecule has 4 rings (SSSR count). The van der Waals surface area contributed by atoms with Crippen LogP contribution in [0, 0.1) is 5.92 Å². The number of aliphatic carboxylic acids is 1. The van der Waals surface area contributed by atoms with Crippen LogP contribution in [0.15, 0.2) is 48.5 Å². The van der Waals surface area contributed by atoms with E-state index in [1.165, 1.54) is 22.3 Å². The fourth-order valence-corrected chi connectivity index (χ4v) is 5.25. The number of rotatable bonds is 9. The van der Waals surface area contributed by atoms with Gasteiger partial charge in [-0.3, -0.25) is 9.59 Å². The summed E-state index contributed by atoms with van der Waals surface area (Å²) in [7, 11) is 0. The number of alkyl carbamates (subject to hydrolysis) is 1. The number of nitrogens with zero attached hydrogens (tertiary/aromatic N) is 1. The molecule has 0 heterocycles. The first-order valence-electron chi connectivity index (χ1n) is 12.1. The highest BCUT2D eigenvalue weighted by Crippen LogP contribution is 2.44. The van der Waals surface area contributed by atoms with Crippen LogP contribution in [0.5, 0.6) is 0 Å². The maximum absolute atomic E-state index is 12.9. The molecule has 2 amide bonds. The third-order valence-electron chi connectivity index (χ3n) is 6.96. The van der Waals surface area contributed by atoms with Gasteiger partial charge >= 0.3 is 12.1 Å².